The first kappa shape index (κ1) is 38.8. The summed E-state index contributed by atoms with van der Waals surface area (Å²) in [5, 5.41) is 36.6. The molecule has 2 aliphatic rings. The monoisotopic (exact) mass is 800 g/mol. The second-order valence-corrected chi connectivity index (χ2v) is 14.0. The molecule has 16 nitrogen and oxygen atoms in total. The number of rotatable bonds is 14. The smallest absolute Gasteiger partial charge is 0.223 e. The Bertz CT molecular complexity index is 2600. The van der Waals surface area contributed by atoms with Crippen LogP contribution in [0.4, 0.5) is 11.4 Å². The van der Waals surface area contributed by atoms with Gasteiger partial charge in [0.2, 0.25) is 17.2 Å². The van der Waals surface area contributed by atoms with Crippen molar-refractivity contribution in [2.24, 2.45) is 0 Å². The van der Waals surface area contributed by atoms with Crippen LogP contribution in [0.2, 0.25) is 0 Å². The molecule has 4 aromatic carbocycles. The van der Waals surface area contributed by atoms with E-state index in [4.69, 9.17) is 23.7 Å². The van der Waals surface area contributed by atoms with Crippen molar-refractivity contribution >= 4 is 56.2 Å². The molecule has 2 aliphatic heterocycles. The number of aromatic amines is 2. The highest BCUT2D eigenvalue weighted by atomic mass is 16.6. The zero-order valence-corrected chi connectivity index (χ0v) is 33.3. The zero-order valence-electron chi connectivity index (χ0n) is 33.3. The highest BCUT2D eigenvalue weighted by Gasteiger charge is 2.53. The fourth-order valence-electron chi connectivity index (χ4n) is 7.68. The van der Waals surface area contributed by atoms with Crippen LogP contribution in [0.1, 0.15) is 31.9 Å². The van der Waals surface area contributed by atoms with Crippen LogP contribution in [0.25, 0.3) is 33.2 Å². The van der Waals surface area contributed by atoms with Crippen LogP contribution in [0, 0.1) is 5.41 Å². The van der Waals surface area contributed by atoms with E-state index in [1.54, 1.807) is 62.2 Å². The number of H-pyrrole nitrogens is 2. The quantitative estimate of drug-likeness (QED) is 0.0689. The number of imidazole rings is 2. The summed E-state index contributed by atoms with van der Waals surface area (Å²) in [6, 6.07) is 25.1. The Morgan fingerprint density at radius 1 is 0.763 bits per heavy atom. The normalized spacial score (nSPS) is 19.4. The molecule has 0 fully saturated rings. The molecule has 59 heavy (non-hydrogen) atoms. The largest absolute Gasteiger partial charge is 0.506 e. The minimum absolute atomic E-state index is 0.0199. The number of aromatic nitrogens is 4. The van der Waals surface area contributed by atoms with E-state index in [2.05, 4.69) is 25.3 Å². The molecule has 304 valence electrons. The van der Waals surface area contributed by atoms with Crippen LogP contribution < -0.4 is 34.1 Å². The molecule has 16 heteroatoms. The molecule has 0 amide bonds. The third-order valence-corrected chi connectivity index (χ3v) is 10.7. The lowest BCUT2D eigenvalue weighted by Crippen LogP contribution is -2.50. The number of benzene rings is 4. The number of ether oxygens (including phenoxy) is 5. The number of ketones is 1. The number of nitrogens with one attached hydrogen (secondary N) is 4. The number of hydrogen-bond acceptors (Lipinski definition) is 13. The maximum Gasteiger partial charge on any atom is 0.223 e. The topological polar surface area (TPSA) is 203 Å². The first-order valence-electron chi connectivity index (χ1n) is 18.9. The van der Waals surface area contributed by atoms with Crippen molar-refractivity contribution in [3.8, 4) is 23.0 Å². The number of hydrogen-bond donors (Lipinski definition) is 6. The maximum absolute atomic E-state index is 14.1. The number of para-hydroxylation sites is 4. The molecule has 0 saturated heterocycles. The van der Waals surface area contributed by atoms with E-state index in [0.29, 0.717) is 62.9 Å². The van der Waals surface area contributed by atoms with Gasteiger partial charge in [0, 0.05) is 49.9 Å². The van der Waals surface area contributed by atoms with Gasteiger partial charge in [0.15, 0.2) is 5.76 Å². The SMILES string of the molecule is CCC1(O)C(=O)C(c2nc3ccccc3[nH]2)=C(NC)N1c1cc(OC)cc(OCCOC2(C)C(O)=C(c3nc4ccccc4[nH]3)C(=N)N2c2cc(OC)cc(OC)c2)c1. The number of methoxy groups -OCH3 is 3. The van der Waals surface area contributed by atoms with Gasteiger partial charge < -0.3 is 49.2 Å². The van der Waals surface area contributed by atoms with Crippen LogP contribution in [-0.2, 0) is 9.53 Å². The number of amidine groups is 1. The van der Waals surface area contributed by atoms with Crippen molar-refractivity contribution in [3.05, 3.63) is 108 Å². The Hall–Kier alpha value is -7.04. The third-order valence-electron chi connectivity index (χ3n) is 10.7. The highest BCUT2D eigenvalue weighted by molar-refractivity contribution is 6.31. The lowest BCUT2D eigenvalue weighted by Gasteiger charge is -2.36. The number of anilines is 2. The van der Waals surface area contributed by atoms with Gasteiger partial charge >= 0.3 is 0 Å². The second-order valence-electron chi connectivity index (χ2n) is 14.0. The van der Waals surface area contributed by atoms with Crippen molar-refractivity contribution in [3.63, 3.8) is 0 Å². The molecule has 2 unspecified atom stereocenters. The van der Waals surface area contributed by atoms with E-state index >= 15 is 0 Å². The molecular weight excluding hydrogens is 757 g/mol. The first-order valence-corrected chi connectivity index (χ1v) is 18.9. The maximum atomic E-state index is 14.1. The van der Waals surface area contributed by atoms with Gasteiger partial charge in [-0.05, 0) is 31.2 Å². The van der Waals surface area contributed by atoms with E-state index < -0.39 is 17.2 Å². The van der Waals surface area contributed by atoms with Crippen LogP contribution in [0.3, 0.4) is 0 Å². The molecule has 4 heterocycles. The van der Waals surface area contributed by atoms with Crippen molar-refractivity contribution < 1.29 is 38.7 Å². The van der Waals surface area contributed by atoms with Gasteiger partial charge in [0.05, 0.1) is 61.4 Å². The molecule has 6 aromatic rings. The molecule has 0 saturated carbocycles. The summed E-state index contributed by atoms with van der Waals surface area (Å²) in [6.07, 6.45) is 0.0538. The molecule has 0 spiro atoms. The van der Waals surface area contributed by atoms with Gasteiger partial charge in [-0.2, -0.15) is 0 Å². The van der Waals surface area contributed by atoms with E-state index in [9.17, 15) is 20.4 Å². The van der Waals surface area contributed by atoms with E-state index in [0.717, 1.165) is 11.0 Å². The van der Waals surface area contributed by atoms with Crippen LogP contribution in [0.5, 0.6) is 23.0 Å². The molecular formula is C43H44N8O8. The zero-order chi connectivity index (χ0) is 41.6. The Morgan fingerprint density at radius 3 is 1.80 bits per heavy atom. The summed E-state index contributed by atoms with van der Waals surface area (Å²) in [4.78, 5) is 33.0. The number of Topliss-reactive ketones (excluding diaryl/α,β-unsaturated/α-hetero) is 1. The van der Waals surface area contributed by atoms with Gasteiger partial charge in [-0.25, -0.2) is 9.97 Å². The van der Waals surface area contributed by atoms with Crippen LogP contribution >= 0.6 is 0 Å². The number of carbonyl (C=O) groups is 1. The Kier molecular flexibility index (Phi) is 9.90. The minimum atomic E-state index is -1.96. The molecule has 2 aromatic heterocycles. The molecule has 8 rings (SSSR count). The van der Waals surface area contributed by atoms with Gasteiger partial charge in [0.1, 0.15) is 64.1 Å². The Morgan fingerprint density at radius 2 is 1.27 bits per heavy atom. The predicted octanol–water partition coefficient (Wildman–Crippen LogP) is 6.12. The van der Waals surface area contributed by atoms with Gasteiger partial charge in [-0.15, -0.1) is 0 Å². The first-order chi connectivity index (χ1) is 28.5. The van der Waals surface area contributed by atoms with E-state index in [1.807, 2.05) is 48.5 Å². The number of aliphatic hydroxyl groups is 2. The van der Waals surface area contributed by atoms with Gasteiger partial charge in [-0.1, -0.05) is 31.2 Å². The van der Waals surface area contributed by atoms with E-state index in [-0.39, 0.29) is 42.4 Å². The predicted molar refractivity (Wildman–Crippen MR) is 223 cm³/mol. The lowest BCUT2D eigenvalue weighted by atomic mass is 10.0. The van der Waals surface area contributed by atoms with Gasteiger partial charge in [0.25, 0.3) is 0 Å². The molecule has 0 bridgehead atoms. The summed E-state index contributed by atoms with van der Waals surface area (Å²) >= 11 is 0. The average molecular weight is 801 g/mol. The Balaban J connectivity index is 1.10. The third kappa shape index (κ3) is 6.42. The standard InChI is InChI=1S/C43H44N8O8/c1-7-43(54)37(53)35(40-48-32-14-10-11-15-33(32)49-40)41(45-3)51(43)25-20-28(57-6)23-29(21-25)58-16-17-59-42(2)36(52)34(39-46-30-12-8-9-13-31(30)47-39)38(44)50(42)24-18-26(55-4)22-27(19-24)56-5/h8-15,18-23,44-45,52,54H,7,16-17H2,1-6H3,(H,46,47)(H,48,49). The summed E-state index contributed by atoms with van der Waals surface area (Å²) in [5.74, 6) is 1.82. The molecule has 0 radical (unpaired) electrons. The van der Waals surface area contributed by atoms with E-state index in [1.165, 1.54) is 26.2 Å². The van der Waals surface area contributed by atoms with Crippen molar-refractivity contribution in [1.82, 2.24) is 25.3 Å². The number of carbonyl (C=O) groups excluding carboxylic acids is 1. The summed E-state index contributed by atoms with van der Waals surface area (Å²) in [7, 11) is 6.24. The average Bonchev–Trinajstić information content (AvgIpc) is 3.98. The van der Waals surface area contributed by atoms with Crippen LogP contribution in [-0.4, -0.2) is 94.8 Å². The summed E-state index contributed by atoms with van der Waals surface area (Å²) in [6.45, 7) is 3.30. The minimum Gasteiger partial charge on any atom is -0.506 e. The Labute approximate surface area is 339 Å². The summed E-state index contributed by atoms with van der Waals surface area (Å²) in [5.41, 5.74) is 0.503. The van der Waals surface area contributed by atoms with Gasteiger partial charge in [-0.3, -0.25) is 20.0 Å². The molecule has 6 N–H and O–H groups in total. The summed E-state index contributed by atoms with van der Waals surface area (Å²) < 4.78 is 29.5. The lowest BCUT2D eigenvalue weighted by molar-refractivity contribution is -0.129. The molecule has 2 atom stereocenters. The number of fused-ring (bicyclic) bond motifs is 2. The fourth-order valence-corrected chi connectivity index (χ4v) is 7.68. The van der Waals surface area contributed by atoms with Crippen molar-refractivity contribution in [1.29, 1.82) is 5.41 Å². The highest BCUT2D eigenvalue weighted by Crippen LogP contribution is 2.46. The fraction of sp³-hybridized carbons (Fsp3) is 0.256. The molecule has 0 aliphatic carbocycles. The second kappa shape index (κ2) is 15.0. The number of nitrogens with zero attached hydrogens (tertiary/aromatic N) is 4. The van der Waals surface area contributed by atoms with Crippen LogP contribution in [0.15, 0.2) is 96.5 Å². The number of aliphatic hydroxyl groups excluding tert-OH is 1. The van der Waals surface area contributed by atoms with Crippen molar-refractivity contribution in [2.45, 2.75) is 31.7 Å². The van der Waals surface area contributed by atoms with Crippen molar-refractivity contribution in [2.75, 3.05) is 51.4 Å².